The van der Waals surface area contributed by atoms with Gasteiger partial charge in [-0.15, -0.1) is 0 Å². The van der Waals surface area contributed by atoms with Crippen molar-refractivity contribution < 1.29 is 9.53 Å². The molecule has 1 aliphatic rings. The number of likely N-dealkylation sites (tertiary alicyclic amines) is 1. The van der Waals surface area contributed by atoms with Gasteiger partial charge in [0.1, 0.15) is 5.54 Å². The molecule has 2 N–H and O–H groups in total. The monoisotopic (exact) mass is 256 g/mol. The average molecular weight is 256 g/mol. The quantitative estimate of drug-likeness (QED) is 0.734. The fraction of sp³-hybridized carbons (Fsp3) is 0.929. The highest BCUT2D eigenvalue weighted by atomic mass is 16.5. The number of nitrogens with zero attached hydrogens (tertiary/aromatic N) is 1. The fourth-order valence-electron chi connectivity index (χ4n) is 2.40. The van der Waals surface area contributed by atoms with E-state index in [0.717, 1.165) is 31.5 Å². The molecule has 2 atom stereocenters. The van der Waals surface area contributed by atoms with E-state index in [1.54, 1.807) is 6.92 Å². The molecular formula is C14H28N2O2. The molecule has 1 rings (SSSR count). The van der Waals surface area contributed by atoms with Gasteiger partial charge in [-0.2, -0.15) is 0 Å². The molecule has 0 radical (unpaired) electrons. The predicted molar refractivity (Wildman–Crippen MR) is 73.2 cm³/mol. The largest absolute Gasteiger partial charge is 0.465 e. The summed E-state index contributed by atoms with van der Waals surface area (Å²) in [6.07, 6.45) is 1.93. The molecule has 2 unspecified atom stereocenters. The zero-order valence-corrected chi connectivity index (χ0v) is 12.2. The van der Waals surface area contributed by atoms with Crippen LogP contribution in [-0.4, -0.2) is 42.6 Å². The van der Waals surface area contributed by atoms with Crippen molar-refractivity contribution in [2.45, 2.75) is 46.1 Å². The summed E-state index contributed by atoms with van der Waals surface area (Å²) in [5, 5.41) is 0. The number of hydrogen-bond acceptors (Lipinski definition) is 4. The van der Waals surface area contributed by atoms with Crippen LogP contribution in [0.25, 0.3) is 0 Å². The van der Waals surface area contributed by atoms with Crippen LogP contribution in [-0.2, 0) is 9.53 Å². The maximum Gasteiger partial charge on any atom is 0.325 e. The lowest BCUT2D eigenvalue weighted by Gasteiger charge is -2.25. The Bertz CT molecular complexity index is 277. The van der Waals surface area contributed by atoms with Gasteiger partial charge in [0.2, 0.25) is 0 Å². The number of carbonyl (C=O) groups excluding carboxylic acids is 1. The molecule has 1 saturated heterocycles. The van der Waals surface area contributed by atoms with Crippen LogP contribution in [0.4, 0.5) is 0 Å². The summed E-state index contributed by atoms with van der Waals surface area (Å²) in [5.41, 5.74) is 5.16. The van der Waals surface area contributed by atoms with Crippen LogP contribution in [0.3, 0.4) is 0 Å². The van der Waals surface area contributed by atoms with Gasteiger partial charge in [-0.25, -0.2) is 0 Å². The minimum atomic E-state index is -0.855. The van der Waals surface area contributed by atoms with Gasteiger partial charge in [0, 0.05) is 13.1 Å². The van der Waals surface area contributed by atoms with E-state index < -0.39 is 5.54 Å². The van der Waals surface area contributed by atoms with Crippen molar-refractivity contribution in [1.82, 2.24) is 4.90 Å². The first-order valence-electron chi connectivity index (χ1n) is 7.05. The van der Waals surface area contributed by atoms with Crippen LogP contribution in [0.2, 0.25) is 0 Å². The molecule has 4 nitrogen and oxygen atoms in total. The van der Waals surface area contributed by atoms with E-state index in [4.69, 9.17) is 10.5 Å². The summed E-state index contributed by atoms with van der Waals surface area (Å²) in [6, 6.07) is 0. The Balaban J connectivity index is 2.35. The Kier molecular flexibility index (Phi) is 5.60. The lowest BCUT2D eigenvalue weighted by molar-refractivity contribution is -0.149. The molecule has 18 heavy (non-hydrogen) atoms. The van der Waals surface area contributed by atoms with Gasteiger partial charge < -0.3 is 15.4 Å². The normalized spacial score (nSPS) is 24.2. The SMILES string of the molecule is CCOC(=O)C(C)(N)CCN1CCC(C(C)C)C1. The van der Waals surface area contributed by atoms with Gasteiger partial charge in [0.25, 0.3) is 0 Å². The molecule has 0 bridgehead atoms. The molecule has 4 heteroatoms. The molecule has 0 spiro atoms. The number of hydrogen-bond donors (Lipinski definition) is 1. The van der Waals surface area contributed by atoms with Gasteiger partial charge in [-0.3, -0.25) is 4.79 Å². The molecule has 0 amide bonds. The summed E-state index contributed by atoms with van der Waals surface area (Å²) in [6.45, 7) is 11.7. The fourth-order valence-corrected chi connectivity index (χ4v) is 2.40. The van der Waals surface area contributed by atoms with Gasteiger partial charge in [0.15, 0.2) is 0 Å². The Morgan fingerprint density at radius 3 is 2.72 bits per heavy atom. The lowest BCUT2D eigenvalue weighted by Crippen LogP contribution is -2.48. The Morgan fingerprint density at radius 1 is 1.56 bits per heavy atom. The van der Waals surface area contributed by atoms with Gasteiger partial charge in [-0.05, 0) is 45.1 Å². The summed E-state index contributed by atoms with van der Waals surface area (Å²) < 4.78 is 5.00. The average Bonchev–Trinajstić information content (AvgIpc) is 2.75. The third-order valence-electron chi connectivity index (χ3n) is 3.94. The van der Waals surface area contributed by atoms with Crippen molar-refractivity contribution >= 4 is 5.97 Å². The summed E-state index contributed by atoms with van der Waals surface area (Å²) in [7, 11) is 0. The molecule has 0 saturated carbocycles. The van der Waals surface area contributed by atoms with Gasteiger partial charge in [-0.1, -0.05) is 13.8 Å². The van der Waals surface area contributed by atoms with Crippen LogP contribution in [0.15, 0.2) is 0 Å². The van der Waals surface area contributed by atoms with E-state index in [2.05, 4.69) is 18.7 Å². The maximum absolute atomic E-state index is 11.7. The third kappa shape index (κ3) is 4.25. The van der Waals surface area contributed by atoms with E-state index in [-0.39, 0.29) is 5.97 Å². The Morgan fingerprint density at radius 2 is 2.22 bits per heavy atom. The maximum atomic E-state index is 11.7. The smallest absolute Gasteiger partial charge is 0.325 e. The zero-order valence-electron chi connectivity index (χ0n) is 12.2. The first-order valence-corrected chi connectivity index (χ1v) is 7.05. The molecular weight excluding hydrogens is 228 g/mol. The number of nitrogens with two attached hydrogens (primary N) is 1. The van der Waals surface area contributed by atoms with Crippen LogP contribution >= 0.6 is 0 Å². The number of ether oxygens (including phenoxy) is 1. The number of carbonyl (C=O) groups is 1. The number of rotatable bonds is 6. The van der Waals surface area contributed by atoms with Crippen molar-refractivity contribution in [1.29, 1.82) is 0 Å². The third-order valence-corrected chi connectivity index (χ3v) is 3.94. The Labute approximate surface area is 111 Å². The predicted octanol–water partition coefficient (Wildman–Crippen LogP) is 1.63. The first-order chi connectivity index (χ1) is 8.36. The summed E-state index contributed by atoms with van der Waals surface area (Å²) in [5.74, 6) is 1.24. The van der Waals surface area contributed by atoms with E-state index in [9.17, 15) is 4.79 Å². The number of esters is 1. The van der Waals surface area contributed by atoms with Crippen molar-refractivity contribution in [2.24, 2.45) is 17.6 Å². The van der Waals surface area contributed by atoms with Gasteiger partial charge >= 0.3 is 5.97 Å². The van der Waals surface area contributed by atoms with E-state index in [1.165, 1.54) is 6.42 Å². The molecule has 1 aliphatic heterocycles. The highest BCUT2D eigenvalue weighted by Gasteiger charge is 2.32. The first kappa shape index (κ1) is 15.4. The van der Waals surface area contributed by atoms with Crippen LogP contribution < -0.4 is 5.73 Å². The van der Waals surface area contributed by atoms with E-state index in [1.807, 2.05) is 6.92 Å². The van der Waals surface area contributed by atoms with Crippen molar-refractivity contribution in [3.05, 3.63) is 0 Å². The minimum absolute atomic E-state index is 0.287. The van der Waals surface area contributed by atoms with Crippen LogP contribution in [0, 0.1) is 11.8 Å². The minimum Gasteiger partial charge on any atom is -0.465 e. The molecule has 0 aliphatic carbocycles. The zero-order chi connectivity index (χ0) is 13.8. The lowest BCUT2D eigenvalue weighted by atomic mass is 9.95. The van der Waals surface area contributed by atoms with Crippen molar-refractivity contribution in [3.63, 3.8) is 0 Å². The molecule has 0 aromatic rings. The summed E-state index contributed by atoms with van der Waals surface area (Å²) in [4.78, 5) is 14.1. The second kappa shape index (κ2) is 6.53. The molecule has 1 fully saturated rings. The molecule has 0 aromatic carbocycles. The van der Waals surface area contributed by atoms with Crippen molar-refractivity contribution in [2.75, 3.05) is 26.2 Å². The van der Waals surface area contributed by atoms with E-state index >= 15 is 0 Å². The topological polar surface area (TPSA) is 55.6 Å². The molecule has 0 aromatic heterocycles. The summed E-state index contributed by atoms with van der Waals surface area (Å²) >= 11 is 0. The van der Waals surface area contributed by atoms with E-state index in [0.29, 0.717) is 13.0 Å². The van der Waals surface area contributed by atoms with Crippen LogP contribution in [0.1, 0.15) is 40.5 Å². The highest BCUT2D eigenvalue weighted by Crippen LogP contribution is 2.24. The Hall–Kier alpha value is -0.610. The van der Waals surface area contributed by atoms with Gasteiger partial charge in [0.05, 0.1) is 6.61 Å². The molecule has 106 valence electrons. The second-order valence-corrected chi connectivity index (χ2v) is 5.98. The highest BCUT2D eigenvalue weighted by molar-refractivity contribution is 5.79. The second-order valence-electron chi connectivity index (χ2n) is 5.98. The van der Waals surface area contributed by atoms with Crippen LogP contribution in [0.5, 0.6) is 0 Å². The van der Waals surface area contributed by atoms with Crippen molar-refractivity contribution in [3.8, 4) is 0 Å². The molecule has 1 heterocycles. The standard InChI is InChI=1S/C14H28N2O2/c1-5-18-13(17)14(4,15)7-9-16-8-6-12(10-16)11(2)3/h11-12H,5-10,15H2,1-4H3.